The molecule has 1 N–H and O–H groups in total. The van der Waals surface area contributed by atoms with Gasteiger partial charge in [0.2, 0.25) is 0 Å². The van der Waals surface area contributed by atoms with Crippen LogP contribution in [0, 0.1) is 0 Å². The molecule has 2 aromatic carbocycles. The number of amides is 1. The van der Waals surface area contributed by atoms with Crippen molar-refractivity contribution in [1.82, 2.24) is 0 Å². The Morgan fingerprint density at radius 3 is 2.23 bits per heavy atom. The average molecular weight is 594 g/mol. The van der Waals surface area contributed by atoms with Crippen LogP contribution in [0.4, 0.5) is 5.00 Å². The molecule has 1 aromatic heterocycles. The van der Waals surface area contributed by atoms with Crippen LogP contribution in [0.1, 0.15) is 34.3 Å². The maximum absolute atomic E-state index is 12.7. The third-order valence-electron chi connectivity index (χ3n) is 5.61. The van der Waals surface area contributed by atoms with Crippen LogP contribution in [0.25, 0.3) is 11.1 Å². The van der Waals surface area contributed by atoms with Gasteiger partial charge in [-0.3, -0.25) is 4.79 Å². The molecule has 1 heterocycles. The molecule has 1 aliphatic carbocycles. The van der Waals surface area contributed by atoms with Crippen molar-refractivity contribution in [3.8, 4) is 16.9 Å². The van der Waals surface area contributed by atoms with Crippen molar-refractivity contribution in [1.29, 1.82) is 0 Å². The van der Waals surface area contributed by atoms with E-state index >= 15 is 0 Å². The highest BCUT2D eigenvalue weighted by Gasteiger charge is 2.25. The summed E-state index contributed by atoms with van der Waals surface area (Å²) >= 11 is 31.6. The average Bonchev–Trinajstić information content (AvgIpc) is 3.28. The SMILES string of the molecule is COC(=O)c1c(-c2ccc3c(c2)CCCC3)csc1NC(=O)COc1c(Cl)c(Cl)c(Cl)c(Cl)c1Cl. The monoisotopic (exact) mass is 591 g/mol. The molecule has 11 heteroatoms. The fourth-order valence-electron chi connectivity index (χ4n) is 3.88. The van der Waals surface area contributed by atoms with Crippen molar-refractivity contribution in [2.45, 2.75) is 25.7 Å². The van der Waals surface area contributed by atoms with Crippen LogP contribution in [0.15, 0.2) is 23.6 Å². The Balaban J connectivity index is 1.57. The molecule has 0 spiro atoms. The van der Waals surface area contributed by atoms with E-state index in [0.717, 1.165) is 24.8 Å². The maximum atomic E-state index is 12.7. The molecule has 0 unspecified atom stereocenters. The number of anilines is 1. The fraction of sp³-hybridized carbons (Fsp3) is 0.250. The van der Waals surface area contributed by atoms with Gasteiger partial charge >= 0.3 is 5.97 Å². The van der Waals surface area contributed by atoms with Crippen LogP contribution in [-0.2, 0) is 22.4 Å². The van der Waals surface area contributed by atoms with Crippen LogP contribution in [0.5, 0.6) is 5.75 Å². The van der Waals surface area contributed by atoms with Crippen LogP contribution >= 0.6 is 69.3 Å². The van der Waals surface area contributed by atoms with E-state index in [9.17, 15) is 9.59 Å². The van der Waals surface area contributed by atoms with E-state index in [-0.39, 0.29) is 36.4 Å². The lowest BCUT2D eigenvalue weighted by Gasteiger charge is -2.17. The highest BCUT2D eigenvalue weighted by atomic mass is 35.5. The summed E-state index contributed by atoms with van der Waals surface area (Å²) in [7, 11) is 1.30. The summed E-state index contributed by atoms with van der Waals surface area (Å²) in [6.07, 6.45) is 4.39. The number of hydrogen-bond acceptors (Lipinski definition) is 5. The van der Waals surface area contributed by atoms with E-state index in [1.165, 1.54) is 36.0 Å². The molecule has 0 aliphatic heterocycles. The van der Waals surface area contributed by atoms with Gasteiger partial charge in [-0.2, -0.15) is 0 Å². The molecular weight excluding hydrogens is 576 g/mol. The molecule has 0 saturated carbocycles. The predicted molar refractivity (Wildman–Crippen MR) is 143 cm³/mol. The fourth-order valence-corrected chi connectivity index (χ4v) is 6.08. The molecule has 3 aromatic rings. The lowest BCUT2D eigenvalue weighted by Crippen LogP contribution is -2.21. The number of benzene rings is 2. The lowest BCUT2D eigenvalue weighted by molar-refractivity contribution is -0.118. The van der Waals surface area contributed by atoms with E-state index in [0.29, 0.717) is 10.6 Å². The highest BCUT2D eigenvalue weighted by molar-refractivity contribution is 7.15. The van der Waals surface area contributed by atoms with Crippen molar-refractivity contribution in [3.63, 3.8) is 0 Å². The van der Waals surface area contributed by atoms with Gasteiger partial charge in [-0.05, 0) is 42.4 Å². The zero-order valence-corrected chi connectivity index (χ0v) is 22.9. The van der Waals surface area contributed by atoms with Crippen LogP contribution in [0.3, 0.4) is 0 Å². The molecule has 4 rings (SSSR count). The zero-order valence-electron chi connectivity index (χ0n) is 18.3. The first-order valence-electron chi connectivity index (χ1n) is 10.5. The van der Waals surface area contributed by atoms with Crippen molar-refractivity contribution in [2.24, 2.45) is 0 Å². The number of rotatable bonds is 6. The Bertz CT molecular complexity index is 1290. The molecule has 5 nitrogen and oxygen atoms in total. The largest absolute Gasteiger partial charge is 0.481 e. The van der Waals surface area contributed by atoms with Gasteiger partial charge < -0.3 is 14.8 Å². The van der Waals surface area contributed by atoms with E-state index < -0.39 is 18.5 Å². The molecule has 0 radical (unpaired) electrons. The Kier molecular flexibility index (Phi) is 8.41. The zero-order chi connectivity index (χ0) is 25.3. The Morgan fingerprint density at radius 1 is 0.943 bits per heavy atom. The van der Waals surface area contributed by atoms with E-state index in [1.807, 2.05) is 11.4 Å². The van der Waals surface area contributed by atoms with E-state index in [4.69, 9.17) is 67.5 Å². The van der Waals surface area contributed by atoms with Crippen LogP contribution < -0.4 is 10.1 Å². The van der Waals surface area contributed by atoms with E-state index in [2.05, 4.69) is 17.4 Å². The van der Waals surface area contributed by atoms with Gasteiger partial charge in [-0.25, -0.2) is 4.79 Å². The quantitative estimate of drug-likeness (QED) is 0.177. The maximum Gasteiger partial charge on any atom is 0.341 e. The van der Waals surface area contributed by atoms with Crippen LogP contribution in [-0.4, -0.2) is 25.6 Å². The first-order chi connectivity index (χ1) is 16.7. The first kappa shape index (κ1) is 26.4. The Hall–Kier alpha value is -1.67. The number of nitrogens with one attached hydrogen (secondary N) is 1. The molecular formula is C24H18Cl5NO4S. The molecule has 1 aliphatic rings. The molecule has 35 heavy (non-hydrogen) atoms. The topological polar surface area (TPSA) is 64.6 Å². The second kappa shape index (κ2) is 11.2. The highest BCUT2D eigenvalue weighted by Crippen LogP contribution is 2.48. The second-order valence-electron chi connectivity index (χ2n) is 7.77. The van der Waals surface area contributed by atoms with Gasteiger partial charge in [-0.1, -0.05) is 76.2 Å². The summed E-state index contributed by atoms with van der Waals surface area (Å²) in [5.74, 6) is -1.18. The lowest BCUT2D eigenvalue weighted by atomic mass is 9.89. The van der Waals surface area contributed by atoms with Crippen LogP contribution in [0.2, 0.25) is 25.1 Å². The second-order valence-corrected chi connectivity index (χ2v) is 10.5. The number of fused-ring (bicyclic) bond motifs is 1. The van der Waals surface area contributed by atoms with Gasteiger partial charge in [0.15, 0.2) is 12.4 Å². The number of thiophene rings is 1. The van der Waals surface area contributed by atoms with Crippen molar-refractivity contribution in [3.05, 3.63) is 65.4 Å². The number of hydrogen-bond donors (Lipinski definition) is 1. The summed E-state index contributed by atoms with van der Waals surface area (Å²) in [6, 6.07) is 6.20. The molecule has 0 atom stereocenters. The number of esters is 1. The summed E-state index contributed by atoms with van der Waals surface area (Å²) in [5.41, 5.74) is 4.47. The molecule has 1 amide bonds. The minimum Gasteiger partial charge on any atom is -0.481 e. The van der Waals surface area contributed by atoms with Gasteiger partial charge in [0.05, 0.1) is 22.2 Å². The number of ether oxygens (including phenoxy) is 2. The summed E-state index contributed by atoms with van der Waals surface area (Å²) in [4.78, 5) is 25.3. The number of carbonyl (C=O) groups excluding carboxylic acids is 2. The van der Waals surface area contributed by atoms with Gasteiger partial charge in [-0.15, -0.1) is 11.3 Å². The van der Waals surface area contributed by atoms with Gasteiger partial charge in [0, 0.05) is 10.9 Å². The van der Waals surface area contributed by atoms with Crippen molar-refractivity contribution >= 4 is 86.2 Å². The number of carbonyl (C=O) groups is 2. The summed E-state index contributed by atoms with van der Waals surface area (Å²) in [6.45, 7) is -0.472. The molecule has 0 fully saturated rings. The number of aryl methyl sites for hydroxylation is 2. The normalized spacial score (nSPS) is 12.7. The van der Waals surface area contributed by atoms with Crippen molar-refractivity contribution < 1.29 is 19.1 Å². The third kappa shape index (κ3) is 5.38. The standard InChI is InChI=1S/C24H18Cl5NO4S/c1-33-24(32)16-14(13-7-6-11-4-2-3-5-12(11)8-13)10-35-23(16)30-15(31)9-34-22-20(28)18(26)17(25)19(27)21(22)29/h6-8,10H,2-5,9H2,1H3,(H,30,31). The minimum atomic E-state index is -0.558. The minimum absolute atomic E-state index is 0.0175. The van der Waals surface area contributed by atoms with Gasteiger partial charge in [0.1, 0.15) is 20.6 Å². The molecule has 0 saturated heterocycles. The first-order valence-corrected chi connectivity index (χ1v) is 13.3. The summed E-state index contributed by atoms with van der Waals surface area (Å²) in [5, 5.41) is 4.62. The molecule has 184 valence electrons. The number of methoxy groups -OCH3 is 1. The number of halogens is 5. The third-order valence-corrected chi connectivity index (χ3v) is 8.75. The van der Waals surface area contributed by atoms with Crippen molar-refractivity contribution in [2.75, 3.05) is 19.0 Å². The van der Waals surface area contributed by atoms with Gasteiger partial charge in [0.25, 0.3) is 5.91 Å². The Morgan fingerprint density at radius 2 is 1.57 bits per heavy atom. The van der Waals surface area contributed by atoms with E-state index in [1.54, 1.807) is 0 Å². The molecule has 0 bridgehead atoms. The Labute approximate surface area is 231 Å². The smallest absolute Gasteiger partial charge is 0.341 e. The summed E-state index contributed by atoms with van der Waals surface area (Å²) < 4.78 is 10.5. The predicted octanol–water partition coefficient (Wildman–Crippen LogP) is 8.37.